The fraction of sp³-hybridized carbons (Fsp3) is 0.200. The van der Waals surface area contributed by atoms with Crippen LogP contribution in [0.2, 0.25) is 0 Å². The van der Waals surface area contributed by atoms with E-state index in [2.05, 4.69) is 20.5 Å². The highest BCUT2D eigenvalue weighted by molar-refractivity contribution is 5.91. The van der Waals surface area contributed by atoms with Crippen molar-refractivity contribution in [2.75, 3.05) is 6.54 Å². The van der Waals surface area contributed by atoms with Crippen LogP contribution in [-0.4, -0.2) is 32.2 Å². The molecule has 2 aromatic rings. The van der Waals surface area contributed by atoms with E-state index >= 15 is 0 Å². The van der Waals surface area contributed by atoms with Crippen LogP contribution in [0.5, 0.6) is 0 Å². The maximum absolute atomic E-state index is 11.5. The highest BCUT2D eigenvalue weighted by Gasteiger charge is 2.23. The van der Waals surface area contributed by atoms with Crippen molar-refractivity contribution in [3.8, 4) is 11.5 Å². The van der Waals surface area contributed by atoms with Crippen molar-refractivity contribution in [2.24, 2.45) is 0 Å². The highest BCUT2D eigenvalue weighted by atomic mass is 16.2. The predicted octanol–water partition coefficient (Wildman–Crippen LogP) is 0.0835. The van der Waals surface area contributed by atoms with Crippen molar-refractivity contribution in [3.05, 3.63) is 30.2 Å². The molecule has 0 aliphatic carbocycles. The first-order chi connectivity index (χ1) is 7.86. The zero-order valence-electron chi connectivity index (χ0n) is 8.42. The lowest BCUT2D eigenvalue weighted by atomic mass is 10.3. The monoisotopic (exact) mass is 215 g/mol. The van der Waals surface area contributed by atoms with E-state index < -0.39 is 0 Å². The van der Waals surface area contributed by atoms with Gasteiger partial charge in [-0.05, 0) is 12.1 Å². The number of amides is 1. The van der Waals surface area contributed by atoms with E-state index in [4.69, 9.17) is 0 Å². The van der Waals surface area contributed by atoms with Crippen LogP contribution < -0.4 is 5.32 Å². The average Bonchev–Trinajstić information content (AvgIpc) is 2.75. The maximum Gasteiger partial charge on any atom is 0.289 e. The quantitative estimate of drug-likeness (QED) is 0.731. The zero-order chi connectivity index (χ0) is 11.0. The Morgan fingerprint density at radius 3 is 2.94 bits per heavy atom. The van der Waals surface area contributed by atoms with Crippen molar-refractivity contribution >= 4 is 5.91 Å². The van der Waals surface area contributed by atoms with Gasteiger partial charge in [0.15, 0.2) is 5.82 Å². The number of fused-ring (bicyclic) bond motifs is 1. The number of hydrogen-bond acceptors (Lipinski definition) is 4. The summed E-state index contributed by atoms with van der Waals surface area (Å²) in [6.45, 7) is 1.28. The number of carbonyl (C=O) groups excluding carboxylic acids is 1. The summed E-state index contributed by atoms with van der Waals surface area (Å²) >= 11 is 0. The lowest BCUT2D eigenvalue weighted by Crippen LogP contribution is -2.35. The fourth-order valence-electron chi connectivity index (χ4n) is 1.73. The first-order valence-electron chi connectivity index (χ1n) is 4.99. The molecule has 0 fully saturated rings. The summed E-state index contributed by atoms with van der Waals surface area (Å²) in [4.78, 5) is 15.7. The Balaban J connectivity index is 2.13. The Kier molecular flexibility index (Phi) is 1.92. The van der Waals surface area contributed by atoms with Crippen LogP contribution in [0.15, 0.2) is 24.4 Å². The third-order valence-corrected chi connectivity index (χ3v) is 2.47. The van der Waals surface area contributed by atoms with Crippen molar-refractivity contribution in [1.82, 2.24) is 25.1 Å². The standard InChI is InChI=1S/C10H9N5O/c16-10-9-14-13-8(15(9)6-5-12-10)7-3-1-2-4-11-7/h1-4H,5-6H2,(H,12,16). The van der Waals surface area contributed by atoms with Crippen LogP contribution in [0.1, 0.15) is 10.6 Å². The molecule has 0 saturated carbocycles. The van der Waals surface area contributed by atoms with Crippen LogP contribution in [-0.2, 0) is 6.54 Å². The molecule has 0 saturated heterocycles. The van der Waals surface area contributed by atoms with E-state index in [0.29, 0.717) is 24.7 Å². The van der Waals surface area contributed by atoms with Crippen LogP contribution in [0.3, 0.4) is 0 Å². The minimum atomic E-state index is -0.180. The zero-order valence-corrected chi connectivity index (χ0v) is 8.42. The molecule has 1 aliphatic heterocycles. The third kappa shape index (κ3) is 1.27. The second-order valence-corrected chi connectivity index (χ2v) is 3.47. The lowest BCUT2D eigenvalue weighted by Gasteiger charge is -2.14. The normalized spacial score (nSPS) is 14.4. The smallest absolute Gasteiger partial charge is 0.289 e. The van der Waals surface area contributed by atoms with Gasteiger partial charge in [0.1, 0.15) is 5.69 Å². The van der Waals surface area contributed by atoms with E-state index in [-0.39, 0.29) is 5.91 Å². The van der Waals surface area contributed by atoms with E-state index in [1.807, 2.05) is 18.2 Å². The van der Waals surface area contributed by atoms with E-state index in [1.54, 1.807) is 10.8 Å². The Morgan fingerprint density at radius 2 is 2.12 bits per heavy atom. The number of aromatic nitrogens is 4. The summed E-state index contributed by atoms with van der Waals surface area (Å²) in [7, 11) is 0. The molecule has 6 nitrogen and oxygen atoms in total. The van der Waals surface area contributed by atoms with Gasteiger partial charge in [-0.1, -0.05) is 6.07 Å². The molecule has 2 aromatic heterocycles. The minimum absolute atomic E-state index is 0.180. The summed E-state index contributed by atoms with van der Waals surface area (Å²) in [5.41, 5.74) is 0.732. The molecule has 6 heteroatoms. The number of hydrogen-bond donors (Lipinski definition) is 1. The third-order valence-electron chi connectivity index (χ3n) is 2.47. The lowest BCUT2D eigenvalue weighted by molar-refractivity contribution is 0.0922. The molecule has 3 rings (SSSR count). The Hall–Kier alpha value is -2.24. The van der Waals surface area contributed by atoms with Gasteiger partial charge in [0, 0.05) is 19.3 Å². The van der Waals surface area contributed by atoms with Crippen LogP contribution in [0.4, 0.5) is 0 Å². The average molecular weight is 215 g/mol. The molecular formula is C10H9N5O. The Labute approximate surface area is 91.3 Å². The molecule has 3 heterocycles. The number of nitrogens with zero attached hydrogens (tertiary/aromatic N) is 4. The largest absolute Gasteiger partial charge is 0.348 e. The Bertz CT molecular complexity index is 533. The van der Waals surface area contributed by atoms with Gasteiger partial charge in [-0.25, -0.2) is 0 Å². The molecule has 0 aromatic carbocycles. The summed E-state index contributed by atoms with van der Waals surface area (Å²) in [6, 6.07) is 5.57. The van der Waals surface area contributed by atoms with Crippen molar-refractivity contribution in [1.29, 1.82) is 0 Å². The molecule has 0 spiro atoms. The number of carbonyl (C=O) groups is 1. The second kappa shape index (κ2) is 3.41. The van der Waals surface area contributed by atoms with Gasteiger partial charge in [-0.2, -0.15) is 0 Å². The van der Waals surface area contributed by atoms with Gasteiger partial charge in [0.2, 0.25) is 5.82 Å². The first kappa shape index (κ1) is 9.02. The van der Waals surface area contributed by atoms with E-state index in [9.17, 15) is 4.79 Å². The van der Waals surface area contributed by atoms with Gasteiger partial charge in [-0.15, -0.1) is 10.2 Å². The molecule has 0 unspecified atom stereocenters. The minimum Gasteiger partial charge on any atom is -0.348 e. The molecular weight excluding hydrogens is 206 g/mol. The van der Waals surface area contributed by atoms with Gasteiger partial charge < -0.3 is 5.32 Å². The topological polar surface area (TPSA) is 72.7 Å². The number of rotatable bonds is 1. The van der Waals surface area contributed by atoms with Crippen LogP contribution in [0, 0.1) is 0 Å². The maximum atomic E-state index is 11.5. The van der Waals surface area contributed by atoms with Crippen LogP contribution >= 0.6 is 0 Å². The predicted molar refractivity (Wildman–Crippen MR) is 55.6 cm³/mol. The number of nitrogens with one attached hydrogen (secondary N) is 1. The van der Waals surface area contributed by atoms with Gasteiger partial charge in [0.05, 0.1) is 0 Å². The molecule has 1 amide bonds. The first-order valence-corrected chi connectivity index (χ1v) is 4.99. The van der Waals surface area contributed by atoms with Crippen molar-refractivity contribution in [2.45, 2.75) is 6.54 Å². The second-order valence-electron chi connectivity index (χ2n) is 3.47. The van der Waals surface area contributed by atoms with Gasteiger partial charge >= 0.3 is 0 Å². The van der Waals surface area contributed by atoms with Gasteiger partial charge in [0.25, 0.3) is 5.91 Å². The molecule has 1 aliphatic rings. The van der Waals surface area contributed by atoms with E-state index in [0.717, 1.165) is 5.69 Å². The molecule has 80 valence electrons. The van der Waals surface area contributed by atoms with E-state index in [1.165, 1.54) is 0 Å². The fourth-order valence-corrected chi connectivity index (χ4v) is 1.73. The van der Waals surface area contributed by atoms with Crippen molar-refractivity contribution in [3.63, 3.8) is 0 Å². The summed E-state index contributed by atoms with van der Waals surface area (Å²) in [5, 5.41) is 10.6. The molecule has 0 atom stereocenters. The molecule has 16 heavy (non-hydrogen) atoms. The summed E-state index contributed by atoms with van der Waals surface area (Å²) in [5.74, 6) is 0.818. The highest BCUT2D eigenvalue weighted by Crippen LogP contribution is 2.16. The van der Waals surface area contributed by atoms with Gasteiger partial charge in [-0.3, -0.25) is 14.3 Å². The Morgan fingerprint density at radius 1 is 1.25 bits per heavy atom. The molecule has 0 radical (unpaired) electrons. The molecule has 1 N–H and O–H groups in total. The summed E-state index contributed by atoms with van der Waals surface area (Å²) in [6.07, 6.45) is 1.69. The van der Waals surface area contributed by atoms with Crippen LogP contribution in [0.25, 0.3) is 11.5 Å². The number of pyridine rings is 1. The molecule has 0 bridgehead atoms. The van der Waals surface area contributed by atoms with Crippen molar-refractivity contribution < 1.29 is 4.79 Å². The SMILES string of the molecule is O=C1NCCn2c1nnc2-c1ccccn1. The summed E-state index contributed by atoms with van der Waals surface area (Å²) < 4.78 is 1.79.